The molecular formula is C15H12O. The molecule has 1 heteroatoms. The van der Waals surface area contributed by atoms with Crippen molar-refractivity contribution in [2.24, 2.45) is 0 Å². The molecule has 3 rings (SSSR count). The van der Waals surface area contributed by atoms with Crippen LogP contribution in [0.25, 0.3) is 0 Å². The van der Waals surface area contributed by atoms with E-state index in [4.69, 9.17) is 0 Å². The Kier molecular flexibility index (Phi) is 2.10. The summed E-state index contributed by atoms with van der Waals surface area (Å²) in [5.74, 6) is 0.292. The largest absolute Gasteiger partial charge is 0.293 e. The van der Waals surface area contributed by atoms with E-state index in [2.05, 4.69) is 6.07 Å². The van der Waals surface area contributed by atoms with Crippen molar-refractivity contribution in [2.75, 3.05) is 0 Å². The van der Waals surface area contributed by atoms with E-state index in [1.807, 2.05) is 48.5 Å². The van der Waals surface area contributed by atoms with Crippen LogP contribution in [-0.2, 0) is 6.42 Å². The van der Waals surface area contributed by atoms with Crippen LogP contribution in [0.4, 0.5) is 0 Å². The summed E-state index contributed by atoms with van der Waals surface area (Å²) in [7, 11) is 0. The van der Waals surface area contributed by atoms with E-state index in [1.165, 1.54) is 5.56 Å². The average molecular weight is 208 g/mol. The molecule has 0 saturated heterocycles. The van der Waals surface area contributed by atoms with Gasteiger partial charge in [-0.05, 0) is 17.5 Å². The third-order valence-electron chi connectivity index (χ3n) is 3.23. The van der Waals surface area contributed by atoms with Gasteiger partial charge in [-0.15, -0.1) is 0 Å². The number of hydrogen-bond donors (Lipinski definition) is 0. The topological polar surface area (TPSA) is 17.1 Å². The summed E-state index contributed by atoms with van der Waals surface area (Å²) in [5, 5.41) is 0. The predicted octanol–water partition coefficient (Wildman–Crippen LogP) is 3.21. The summed E-state index contributed by atoms with van der Waals surface area (Å²) in [4.78, 5) is 12.2. The van der Waals surface area contributed by atoms with Crippen molar-refractivity contribution in [3.8, 4) is 0 Å². The van der Waals surface area contributed by atoms with E-state index < -0.39 is 0 Å². The van der Waals surface area contributed by atoms with Gasteiger partial charge in [-0.3, -0.25) is 4.79 Å². The van der Waals surface area contributed by atoms with Crippen molar-refractivity contribution >= 4 is 5.78 Å². The fourth-order valence-corrected chi connectivity index (χ4v) is 2.39. The maximum atomic E-state index is 12.2. The smallest absolute Gasteiger partial charge is 0.170 e. The summed E-state index contributed by atoms with van der Waals surface area (Å²) in [6, 6.07) is 18.0. The highest BCUT2D eigenvalue weighted by molar-refractivity contribution is 6.05. The molecule has 78 valence electrons. The van der Waals surface area contributed by atoms with Crippen molar-refractivity contribution < 1.29 is 4.79 Å². The van der Waals surface area contributed by atoms with Crippen LogP contribution >= 0.6 is 0 Å². The molecule has 0 amide bonds. The molecular weight excluding hydrogens is 196 g/mol. The van der Waals surface area contributed by atoms with Crippen LogP contribution in [0, 0.1) is 0 Å². The Morgan fingerprint density at radius 3 is 2.31 bits per heavy atom. The molecule has 1 aliphatic carbocycles. The summed E-state index contributed by atoms with van der Waals surface area (Å²) in [6.07, 6.45) is 0.846. The van der Waals surface area contributed by atoms with Crippen LogP contribution in [0.5, 0.6) is 0 Å². The lowest BCUT2D eigenvalue weighted by atomic mass is 9.95. The Hall–Kier alpha value is -1.89. The van der Waals surface area contributed by atoms with E-state index in [0.717, 1.165) is 17.5 Å². The molecule has 1 aliphatic rings. The van der Waals surface area contributed by atoms with E-state index >= 15 is 0 Å². The lowest BCUT2D eigenvalue weighted by Gasteiger charge is -2.07. The maximum absolute atomic E-state index is 12.2. The van der Waals surface area contributed by atoms with E-state index in [-0.39, 0.29) is 11.7 Å². The van der Waals surface area contributed by atoms with Gasteiger partial charge >= 0.3 is 0 Å². The molecule has 0 spiro atoms. The number of ketones is 1. The van der Waals surface area contributed by atoms with Gasteiger partial charge in [0.15, 0.2) is 5.78 Å². The average Bonchev–Trinajstić information content (AvgIpc) is 2.69. The van der Waals surface area contributed by atoms with E-state index in [9.17, 15) is 4.79 Å². The first-order valence-corrected chi connectivity index (χ1v) is 5.53. The van der Waals surface area contributed by atoms with Crippen LogP contribution in [0.2, 0.25) is 0 Å². The third kappa shape index (κ3) is 1.36. The molecule has 0 fully saturated rings. The normalized spacial score (nSPS) is 18.5. The second-order valence-corrected chi connectivity index (χ2v) is 4.19. The zero-order valence-electron chi connectivity index (χ0n) is 8.89. The van der Waals surface area contributed by atoms with Crippen molar-refractivity contribution in [1.82, 2.24) is 0 Å². The Balaban J connectivity index is 2.02. The zero-order valence-corrected chi connectivity index (χ0v) is 8.89. The van der Waals surface area contributed by atoms with Gasteiger partial charge in [-0.25, -0.2) is 0 Å². The lowest BCUT2D eigenvalue weighted by molar-refractivity contribution is 0.0973. The molecule has 0 heterocycles. The van der Waals surface area contributed by atoms with Gasteiger partial charge in [0.05, 0.1) is 5.92 Å². The minimum absolute atomic E-state index is 0.0265. The molecule has 1 unspecified atom stereocenters. The molecule has 0 radical (unpaired) electrons. The molecule has 0 bridgehead atoms. The van der Waals surface area contributed by atoms with Crippen molar-refractivity contribution in [3.63, 3.8) is 0 Å². The summed E-state index contributed by atoms with van der Waals surface area (Å²) in [6.45, 7) is 0. The van der Waals surface area contributed by atoms with Crippen molar-refractivity contribution in [2.45, 2.75) is 12.3 Å². The van der Waals surface area contributed by atoms with Crippen LogP contribution in [0.1, 0.15) is 27.4 Å². The second kappa shape index (κ2) is 3.60. The molecule has 0 saturated carbocycles. The summed E-state index contributed by atoms with van der Waals surface area (Å²) >= 11 is 0. The lowest BCUT2D eigenvalue weighted by Crippen LogP contribution is -2.06. The number of rotatable bonds is 1. The Morgan fingerprint density at radius 2 is 1.56 bits per heavy atom. The quantitative estimate of drug-likeness (QED) is 0.703. The van der Waals surface area contributed by atoms with E-state index in [0.29, 0.717) is 0 Å². The molecule has 16 heavy (non-hydrogen) atoms. The Bertz CT molecular complexity index is 528. The van der Waals surface area contributed by atoms with Crippen LogP contribution in [0.15, 0.2) is 54.6 Å². The number of Topliss-reactive ketones (excluding diaryl/α,β-unsaturated/α-hetero) is 1. The van der Waals surface area contributed by atoms with Gasteiger partial charge in [0.1, 0.15) is 0 Å². The number of carbonyl (C=O) groups is 1. The SMILES string of the molecule is O=C1c2ccccc2CC1c1ccccc1. The first-order valence-electron chi connectivity index (χ1n) is 5.53. The van der Waals surface area contributed by atoms with Gasteiger partial charge in [-0.1, -0.05) is 54.6 Å². The Labute approximate surface area is 94.7 Å². The highest BCUT2D eigenvalue weighted by Crippen LogP contribution is 2.33. The van der Waals surface area contributed by atoms with E-state index in [1.54, 1.807) is 0 Å². The molecule has 1 atom stereocenters. The van der Waals surface area contributed by atoms with Crippen LogP contribution in [-0.4, -0.2) is 5.78 Å². The number of hydrogen-bond acceptors (Lipinski definition) is 1. The molecule has 0 N–H and O–H groups in total. The molecule has 0 aliphatic heterocycles. The Morgan fingerprint density at radius 1 is 0.875 bits per heavy atom. The van der Waals surface area contributed by atoms with Gasteiger partial charge < -0.3 is 0 Å². The third-order valence-corrected chi connectivity index (χ3v) is 3.23. The molecule has 0 aromatic heterocycles. The highest BCUT2D eigenvalue weighted by atomic mass is 16.1. The maximum Gasteiger partial charge on any atom is 0.170 e. The minimum Gasteiger partial charge on any atom is -0.293 e. The van der Waals surface area contributed by atoms with Gasteiger partial charge in [0.2, 0.25) is 0 Å². The molecule has 1 nitrogen and oxygen atoms in total. The van der Waals surface area contributed by atoms with Crippen LogP contribution < -0.4 is 0 Å². The number of fused-ring (bicyclic) bond motifs is 1. The monoisotopic (exact) mass is 208 g/mol. The van der Waals surface area contributed by atoms with Gasteiger partial charge in [0, 0.05) is 5.56 Å². The standard InChI is InChI=1S/C15H12O/c16-15-13-9-5-4-8-12(13)10-14(15)11-6-2-1-3-7-11/h1-9,14H,10H2. The van der Waals surface area contributed by atoms with Gasteiger partial charge in [-0.2, -0.15) is 0 Å². The minimum atomic E-state index is 0.0265. The first kappa shape index (κ1) is 9.34. The zero-order chi connectivity index (χ0) is 11.0. The van der Waals surface area contributed by atoms with Crippen LogP contribution in [0.3, 0.4) is 0 Å². The first-order chi connectivity index (χ1) is 7.86. The summed E-state index contributed by atoms with van der Waals surface area (Å²) < 4.78 is 0. The number of benzene rings is 2. The second-order valence-electron chi connectivity index (χ2n) is 4.19. The predicted molar refractivity (Wildman–Crippen MR) is 63.7 cm³/mol. The number of carbonyl (C=O) groups excluding carboxylic acids is 1. The fraction of sp³-hybridized carbons (Fsp3) is 0.133. The fourth-order valence-electron chi connectivity index (χ4n) is 2.39. The summed E-state index contributed by atoms with van der Waals surface area (Å²) in [5.41, 5.74) is 3.21. The highest BCUT2D eigenvalue weighted by Gasteiger charge is 2.30. The van der Waals surface area contributed by atoms with Gasteiger partial charge in [0.25, 0.3) is 0 Å². The van der Waals surface area contributed by atoms with Crippen molar-refractivity contribution in [3.05, 3.63) is 71.3 Å². The van der Waals surface area contributed by atoms with Crippen molar-refractivity contribution in [1.29, 1.82) is 0 Å². The molecule has 2 aromatic carbocycles. The molecule has 2 aromatic rings.